The van der Waals surface area contributed by atoms with Crippen molar-refractivity contribution in [1.29, 1.82) is 5.26 Å². The van der Waals surface area contributed by atoms with E-state index in [0.29, 0.717) is 5.92 Å². The number of benzene rings is 2. The fraction of sp³-hybridized carbons (Fsp3) is 0.458. The van der Waals surface area contributed by atoms with Gasteiger partial charge >= 0.3 is 0 Å². The molecule has 0 spiro atoms. The molecule has 2 atom stereocenters. The molecule has 2 aromatic carbocycles. The molecule has 0 aromatic heterocycles. The van der Waals surface area contributed by atoms with Crippen LogP contribution in [-0.2, 0) is 5.41 Å². The fourth-order valence-electron chi connectivity index (χ4n) is 5.12. The Kier molecular flexibility index (Phi) is 4.80. The number of piperazine rings is 1. The van der Waals surface area contributed by atoms with Gasteiger partial charge in [-0.15, -0.1) is 0 Å². The van der Waals surface area contributed by atoms with E-state index in [1.807, 2.05) is 0 Å². The molecule has 0 radical (unpaired) electrons. The predicted octanol–water partition coefficient (Wildman–Crippen LogP) is 3.77. The molecular weight excluding hydrogens is 330 g/mol. The van der Waals surface area contributed by atoms with Crippen LogP contribution in [0.5, 0.6) is 0 Å². The van der Waals surface area contributed by atoms with Gasteiger partial charge in [-0.1, -0.05) is 67.6 Å². The van der Waals surface area contributed by atoms with E-state index in [4.69, 9.17) is 0 Å². The third-order valence-corrected chi connectivity index (χ3v) is 6.88. The van der Waals surface area contributed by atoms with E-state index in [2.05, 4.69) is 90.5 Å². The zero-order chi connectivity index (χ0) is 18.9. The minimum atomic E-state index is -0.334. The molecule has 27 heavy (non-hydrogen) atoms. The van der Waals surface area contributed by atoms with Gasteiger partial charge in [0.25, 0.3) is 0 Å². The molecule has 3 heteroatoms. The molecule has 1 saturated carbocycles. The highest BCUT2D eigenvalue weighted by Gasteiger charge is 2.71. The van der Waals surface area contributed by atoms with Crippen LogP contribution in [0.4, 0.5) is 0 Å². The minimum Gasteiger partial charge on any atom is -0.304 e. The van der Waals surface area contributed by atoms with Gasteiger partial charge in [-0.3, -0.25) is 0 Å². The Balaban J connectivity index is 1.66. The third-order valence-electron chi connectivity index (χ3n) is 6.88. The summed E-state index contributed by atoms with van der Waals surface area (Å²) < 4.78 is 0. The van der Waals surface area contributed by atoms with E-state index in [0.717, 1.165) is 39.1 Å². The van der Waals surface area contributed by atoms with Gasteiger partial charge in [0.05, 0.1) is 11.5 Å². The molecule has 0 bridgehead atoms. The highest BCUT2D eigenvalue weighted by Crippen LogP contribution is 2.71. The van der Waals surface area contributed by atoms with Crippen LogP contribution in [0.3, 0.4) is 0 Å². The van der Waals surface area contributed by atoms with Crippen molar-refractivity contribution in [3.63, 3.8) is 0 Å². The number of hydrogen-bond acceptors (Lipinski definition) is 3. The Morgan fingerprint density at radius 1 is 0.926 bits per heavy atom. The average Bonchev–Trinajstić information content (AvgIpc) is 3.43. The van der Waals surface area contributed by atoms with Crippen molar-refractivity contribution in [2.75, 3.05) is 39.8 Å². The topological polar surface area (TPSA) is 30.3 Å². The summed E-state index contributed by atoms with van der Waals surface area (Å²) in [7, 11) is 2.19. The summed E-state index contributed by atoms with van der Waals surface area (Å²) in [5.41, 5.74) is 2.04. The van der Waals surface area contributed by atoms with Crippen LogP contribution < -0.4 is 0 Å². The Morgan fingerprint density at radius 3 is 1.93 bits per heavy atom. The van der Waals surface area contributed by atoms with Gasteiger partial charge in [0.2, 0.25) is 0 Å². The van der Waals surface area contributed by atoms with Gasteiger partial charge in [-0.05, 0) is 30.5 Å². The fourth-order valence-corrected chi connectivity index (χ4v) is 5.12. The molecule has 2 fully saturated rings. The van der Waals surface area contributed by atoms with Crippen molar-refractivity contribution >= 4 is 0 Å². The van der Waals surface area contributed by atoms with Crippen LogP contribution in [0.25, 0.3) is 0 Å². The second-order valence-electron chi connectivity index (χ2n) is 8.40. The summed E-state index contributed by atoms with van der Waals surface area (Å²) in [4.78, 5) is 4.93. The molecule has 1 heterocycles. The van der Waals surface area contributed by atoms with Crippen molar-refractivity contribution in [3.05, 3.63) is 71.8 Å². The average molecular weight is 360 g/mol. The van der Waals surface area contributed by atoms with E-state index < -0.39 is 0 Å². The van der Waals surface area contributed by atoms with Crippen molar-refractivity contribution in [1.82, 2.24) is 9.80 Å². The highest BCUT2D eigenvalue weighted by atomic mass is 15.2. The van der Waals surface area contributed by atoms with Gasteiger partial charge in [0, 0.05) is 38.1 Å². The first-order valence-corrected chi connectivity index (χ1v) is 10.1. The molecule has 0 N–H and O–H groups in total. The summed E-state index contributed by atoms with van der Waals surface area (Å²) in [5, 5.41) is 10.4. The maximum Gasteiger partial charge on any atom is 0.0761 e. The van der Waals surface area contributed by atoms with Crippen molar-refractivity contribution < 1.29 is 0 Å². The zero-order valence-electron chi connectivity index (χ0n) is 16.4. The van der Waals surface area contributed by atoms with Crippen LogP contribution in [-0.4, -0.2) is 49.6 Å². The molecule has 3 nitrogen and oxygen atoms in total. The van der Waals surface area contributed by atoms with Crippen LogP contribution in [0.2, 0.25) is 0 Å². The normalized spacial score (nSPS) is 26.3. The molecular formula is C24H29N3. The van der Waals surface area contributed by atoms with Gasteiger partial charge in [0.15, 0.2) is 0 Å². The first-order chi connectivity index (χ1) is 13.1. The summed E-state index contributed by atoms with van der Waals surface area (Å²) in [6.07, 6.45) is 0.916. The lowest BCUT2D eigenvalue weighted by Gasteiger charge is -2.36. The zero-order valence-corrected chi connectivity index (χ0v) is 16.4. The summed E-state index contributed by atoms with van der Waals surface area (Å²) in [6, 6.07) is 24.1. The second kappa shape index (κ2) is 7.11. The molecule has 2 unspecified atom stereocenters. The van der Waals surface area contributed by atoms with Gasteiger partial charge in [-0.25, -0.2) is 0 Å². The lowest BCUT2D eigenvalue weighted by atomic mass is 9.75. The van der Waals surface area contributed by atoms with E-state index in [1.54, 1.807) is 0 Å². The number of hydrogen-bond donors (Lipinski definition) is 0. The lowest BCUT2D eigenvalue weighted by molar-refractivity contribution is 0.125. The minimum absolute atomic E-state index is 0.184. The molecule has 2 aromatic rings. The summed E-state index contributed by atoms with van der Waals surface area (Å²) in [6.45, 7) is 7.74. The molecule has 4 rings (SSSR count). The number of likely N-dealkylation sites (N-methyl/N-ethyl adjacent to an activating group) is 1. The summed E-state index contributed by atoms with van der Waals surface area (Å²) in [5.74, 6) is 0.325. The second-order valence-corrected chi connectivity index (χ2v) is 8.40. The van der Waals surface area contributed by atoms with Gasteiger partial charge < -0.3 is 9.80 Å². The maximum atomic E-state index is 10.4. The molecule has 0 amide bonds. The van der Waals surface area contributed by atoms with Crippen molar-refractivity contribution in [2.24, 2.45) is 11.3 Å². The maximum absolute atomic E-state index is 10.4. The van der Waals surface area contributed by atoms with Crippen molar-refractivity contribution in [2.45, 2.75) is 18.8 Å². The SMILES string of the molecule is CC(CN1CCN(C)CC1)C1(C#N)CC1(c1ccccc1)c1ccccc1. The van der Waals surface area contributed by atoms with E-state index in [9.17, 15) is 5.26 Å². The number of nitrogens with zero attached hydrogens (tertiary/aromatic N) is 3. The molecule has 1 aliphatic heterocycles. The smallest absolute Gasteiger partial charge is 0.0761 e. The monoisotopic (exact) mass is 359 g/mol. The van der Waals surface area contributed by atoms with Crippen molar-refractivity contribution in [3.8, 4) is 6.07 Å². The van der Waals surface area contributed by atoms with E-state index in [1.165, 1.54) is 11.1 Å². The largest absolute Gasteiger partial charge is 0.304 e. The molecule has 140 valence electrons. The van der Waals surface area contributed by atoms with Crippen LogP contribution in [0, 0.1) is 22.7 Å². The summed E-state index contributed by atoms with van der Waals surface area (Å²) >= 11 is 0. The first kappa shape index (κ1) is 18.2. The van der Waals surface area contributed by atoms with Crippen LogP contribution in [0.15, 0.2) is 60.7 Å². The third kappa shape index (κ3) is 2.98. The van der Waals surface area contributed by atoms with E-state index in [-0.39, 0.29) is 10.8 Å². The Bertz CT molecular complexity index is 763. The van der Waals surface area contributed by atoms with Gasteiger partial charge in [-0.2, -0.15) is 5.26 Å². The first-order valence-electron chi connectivity index (χ1n) is 10.1. The van der Waals surface area contributed by atoms with Crippen LogP contribution in [0.1, 0.15) is 24.5 Å². The Hall–Kier alpha value is -2.15. The quantitative estimate of drug-likeness (QED) is 0.814. The Labute approximate surface area is 163 Å². The lowest BCUT2D eigenvalue weighted by Crippen LogP contribution is -2.47. The number of rotatable bonds is 5. The predicted molar refractivity (Wildman–Crippen MR) is 109 cm³/mol. The molecule has 1 saturated heterocycles. The standard InChI is InChI=1S/C24H29N3/c1-20(17-27-15-13-26(2)14-16-27)23(19-25)18-24(23,21-9-5-3-6-10-21)22-11-7-4-8-12-22/h3-12,20H,13-18H2,1-2H3. The van der Waals surface area contributed by atoms with E-state index >= 15 is 0 Å². The molecule has 1 aliphatic carbocycles. The number of nitriles is 1. The van der Waals surface area contributed by atoms with Crippen LogP contribution >= 0.6 is 0 Å². The highest BCUT2D eigenvalue weighted by molar-refractivity contribution is 5.54. The van der Waals surface area contributed by atoms with Gasteiger partial charge in [0.1, 0.15) is 0 Å². The Morgan fingerprint density at radius 2 is 1.44 bits per heavy atom. The molecule has 2 aliphatic rings.